The first-order valence-corrected chi connectivity index (χ1v) is 11.5. The van der Waals surface area contributed by atoms with Crippen molar-refractivity contribution in [2.24, 2.45) is 0 Å². The van der Waals surface area contributed by atoms with Gasteiger partial charge >= 0.3 is 0 Å². The Morgan fingerprint density at radius 1 is 1.13 bits per heavy atom. The minimum atomic E-state index is 0.0477. The fourth-order valence-corrected chi connectivity index (χ4v) is 4.19. The molecule has 0 bridgehead atoms. The highest BCUT2D eigenvalue weighted by atomic mass is 35.5. The molecule has 0 aromatic heterocycles. The van der Waals surface area contributed by atoms with Gasteiger partial charge < -0.3 is 10.2 Å². The lowest BCUT2D eigenvalue weighted by Gasteiger charge is -2.32. The minimum absolute atomic E-state index is 0.0477. The number of piperazine rings is 1. The molecule has 0 amide bonds. The fourth-order valence-electron chi connectivity index (χ4n) is 3.86. The largest absolute Gasteiger partial charge is 0.369 e. The first kappa shape index (κ1) is 25.2. The molecule has 2 aromatic carbocycles. The molecule has 2 aromatic rings. The summed E-state index contributed by atoms with van der Waals surface area (Å²) in [5.41, 5.74) is 6.98. The van der Waals surface area contributed by atoms with E-state index in [0.717, 1.165) is 31.7 Å². The van der Waals surface area contributed by atoms with Gasteiger partial charge in [0.25, 0.3) is 0 Å². The van der Waals surface area contributed by atoms with E-state index in [1.165, 1.54) is 22.4 Å². The van der Waals surface area contributed by atoms with E-state index in [4.69, 9.17) is 11.6 Å². The molecular weight excluding hydrogens is 404 g/mol. The zero-order chi connectivity index (χ0) is 23.2. The van der Waals surface area contributed by atoms with Gasteiger partial charge in [0.2, 0.25) is 0 Å². The number of hydrogen-bond donors (Lipinski definition) is 1. The third-order valence-corrected chi connectivity index (χ3v) is 6.57. The summed E-state index contributed by atoms with van der Waals surface area (Å²) in [6.07, 6.45) is 0.505. The first-order chi connectivity index (χ1) is 14.6. The van der Waals surface area contributed by atoms with Crippen LogP contribution in [0, 0.1) is 13.8 Å². The zero-order valence-corrected chi connectivity index (χ0v) is 20.7. The van der Waals surface area contributed by atoms with Gasteiger partial charge in [0.05, 0.1) is 5.02 Å². The number of carbonyl (C=O) groups is 1. The van der Waals surface area contributed by atoms with Crippen molar-refractivity contribution in [1.29, 1.82) is 0 Å². The lowest BCUT2D eigenvalue weighted by Crippen LogP contribution is -2.43. The number of halogens is 1. The van der Waals surface area contributed by atoms with Crippen molar-refractivity contribution < 1.29 is 4.79 Å². The molecule has 31 heavy (non-hydrogen) atoms. The van der Waals surface area contributed by atoms with Crippen molar-refractivity contribution in [2.75, 3.05) is 31.1 Å². The molecular formula is C27H37ClN2O. The Morgan fingerprint density at radius 2 is 1.77 bits per heavy atom. The number of Topliss-reactive ketones (excluding diaryl/α,β-unsaturated/α-hetero) is 1. The molecule has 1 aliphatic rings. The van der Waals surface area contributed by atoms with E-state index in [0.29, 0.717) is 17.0 Å². The van der Waals surface area contributed by atoms with Gasteiger partial charge in [0.15, 0.2) is 5.78 Å². The standard InChI is InChI=1S/C17H26N2.C10H11ClO/c1-13(2)17(4,5)16-7-6-15(12-14(16)3)19-10-8-18-9-11-19;1-3-9(12)10-7(2)5-4-6-8(10)11/h6-7,12,18H,1,8-11H2,2-5H3;4-6H,3H2,1-2H3. The SMILES string of the molecule is C=C(C)C(C)(C)c1ccc(N2CCNCC2)cc1C.CCC(=O)c1c(C)cccc1Cl. The third-order valence-electron chi connectivity index (χ3n) is 6.25. The number of rotatable bonds is 5. The number of allylic oxidation sites excluding steroid dienone is 1. The van der Waals surface area contributed by atoms with Crippen molar-refractivity contribution in [3.63, 3.8) is 0 Å². The van der Waals surface area contributed by atoms with Gasteiger partial charge in [-0.1, -0.05) is 62.7 Å². The van der Waals surface area contributed by atoms with Gasteiger partial charge in [-0.05, 0) is 55.7 Å². The van der Waals surface area contributed by atoms with E-state index in [9.17, 15) is 4.79 Å². The second-order valence-corrected chi connectivity index (χ2v) is 9.26. The Balaban J connectivity index is 0.000000245. The Labute approximate surface area is 193 Å². The number of benzene rings is 2. The topological polar surface area (TPSA) is 32.3 Å². The second kappa shape index (κ2) is 11.0. The summed E-state index contributed by atoms with van der Waals surface area (Å²) in [5, 5.41) is 3.95. The van der Waals surface area contributed by atoms with Crippen molar-refractivity contribution in [2.45, 2.75) is 53.4 Å². The van der Waals surface area contributed by atoms with Gasteiger partial charge in [-0.3, -0.25) is 4.79 Å². The molecule has 1 N–H and O–H groups in total. The third kappa shape index (κ3) is 6.21. The monoisotopic (exact) mass is 440 g/mol. The van der Waals surface area contributed by atoms with Crippen molar-refractivity contribution in [1.82, 2.24) is 5.32 Å². The number of carbonyl (C=O) groups excluding carboxylic acids is 1. The Morgan fingerprint density at radius 3 is 2.29 bits per heavy atom. The smallest absolute Gasteiger partial charge is 0.164 e. The summed E-state index contributed by atoms with van der Waals surface area (Å²) < 4.78 is 0. The highest BCUT2D eigenvalue weighted by Gasteiger charge is 2.24. The number of nitrogens with one attached hydrogen (secondary N) is 1. The van der Waals surface area contributed by atoms with Gasteiger partial charge in [-0.25, -0.2) is 0 Å². The van der Waals surface area contributed by atoms with Crippen LogP contribution in [0.25, 0.3) is 0 Å². The summed E-state index contributed by atoms with van der Waals surface area (Å²) in [5.74, 6) is 0.109. The summed E-state index contributed by atoms with van der Waals surface area (Å²) >= 11 is 5.88. The lowest BCUT2D eigenvalue weighted by atomic mass is 9.77. The molecule has 0 aliphatic carbocycles. The Bertz CT molecular complexity index is 907. The van der Waals surface area contributed by atoms with Gasteiger partial charge in [-0.2, -0.15) is 0 Å². The molecule has 0 atom stereocenters. The molecule has 0 radical (unpaired) electrons. The average Bonchev–Trinajstić information content (AvgIpc) is 2.74. The molecule has 1 aliphatic heterocycles. The van der Waals surface area contributed by atoms with Crippen LogP contribution in [0.2, 0.25) is 5.02 Å². The van der Waals surface area contributed by atoms with Crippen molar-refractivity contribution in [3.05, 3.63) is 75.8 Å². The molecule has 3 nitrogen and oxygen atoms in total. The van der Waals surface area contributed by atoms with Crippen LogP contribution in [0.3, 0.4) is 0 Å². The molecule has 168 valence electrons. The van der Waals surface area contributed by atoms with Crippen LogP contribution in [-0.2, 0) is 5.41 Å². The normalized spacial score (nSPS) is 14.0. The van der Waals surface area contributed by atoms with Gasteiger partial charge in [0.1, 0.15) is 0 Å². The summed E-state index contributed by atoms with van der Waals surface area (Å²) in [4.78, 5) is 13.8. The van der Waals surface area contributed by atoms with Crippen LogP contribution in [0.1, 0.15) is 61.2 Å². The first-order valence-electron chi connectivity index (χ1n) is 11.1. The molecule has 0 spiro atoms. The minimum Gasteiger partial charge on any atom is -0.369 e. The zero-order valence-electron chi connectivity index (χ0n) is 19.9. The van der Waals surface area contributed by atoms with E-state index >= 15 is 0 Å². The van der Waals surface area contributed by atoms with E-state index in [2.05, 4.69) is 62.7 Å². The van der Waals surface area contributed by atoms with Crippen LogP contribution in [0.5, 0.6) is 0 Å². The summed E-state index contributed by atoms with van der Waals surface area (Å²) in [6, 6.07) is 12.4. The van der Waals surface area contributed by atoms with E-state index in [1.807, 2.05) is 26.0 Å². The molecule has 4 heteroatoms. The Hall–Kier alpha value is -2.10. The lowest BCUT2D eigenvalue weighted by molar-refractivity contribution is 0.0987. The van der Waals surface area contributed by atoms with Crippen LogP contribution in [0.4, 0.5) is 5.69 Å². The van der Waals surface area contributed by atoms with Gasteiger partial charge in [0, 0.05) is 49.3 Å². The van der Waals surface area contributed by atoms with Crippen LogP contribution in [-0.4, -0.2) is 32.0 Å². The highest BCUT2D eigenvalue weighted by Crippen LogP contribution is 2.34. The fraction of sp³-hybridized carbons (Fsp3) is 0.444. The summed E-state index contributed by atoms with van der Waals surface area (Å²) in [7, 11) is 0. The van der Waals surface area contributed by atoms with Crippen molar-refractivity contribution >= 4 is 23.1 Å². The van der Waals surface area contributed by atoms with E-state index < -0.39 is 0 Å². The highest BCUT2D eigenvalue weighted by molar-refractivity contribution is 6.34. The van der Waals surface area contributed by atoms with Crippen LogP contribution in [0.15, 0.2) is 48.6 Å². The number of anilines is 1. The molecule has 0 saturated carbocycles. The maximum Gasteiger partial charge on any atom is 0.164 e. The average molecular weight is 441 g/mol. The predicted molar refractivity (Wildman–Crippen MR) is 135 cm³/mol. The summed E-state index contributed by atoms with van der Waals surface area (Å²) in [6.45, 7) is 21.1. The number of ketones is 1. The van der Waals surface area contributed by atoms with E-state index in [-0.39, 0.29) is 11.2 Å². The van der Waals surface area contributed by atoms with E-state index in [1.54, 1.807) is 6.07 Å². The molecule has 0 unspecified atom stereocenters. The van der Waals surface area contributed by atoms with Crippen molar-refractivity contribution in [3.8, 4) is 0 Å². The predicted octanol–water partition coefficient (Wildman–Crippen LogP) is 6.50. The molecule has 1 heterocycles. The molecule has 1 saturated heterocycles. The quantitative estimate of drug-likeness (QED) is 0.425. The van der Waals surface area contributed by atoms with Crippen LogP contribution >= 0.6 is 11.6 Å². The maximum absolute atomic E-state index is 11.4. The second-order valence-electron chi connectivity index (χ2n) is 8.85. The Kier molecular flexibility index (Phi) is 8.90. The molecule has 1 fully saturated rings. The maximum atomic E-state index is 11.4. The number of hydrogen-bond acceptors (Lipinski definition) is 3. The number of aryl methyl sites for hydroxylation is 2. The molecule has 3 rings (SSSR count). The van der Waals surface area contributed by atoms with Gasteiger partial charge in [-0.15, -0.1) is 0 Å². The van der Waals surface area contributed by atoms with Crippen LogP contribution < -0.4 is 10.2 Å². The number of nitrogens with zero attached hydrogens (tertiary/aromatic N) is 1.